The number of anilines is 1. The standard InChI is InChI=1S/C22H24N2O2/c1-24(20-10-3-2-4-11-20)15-7-14-23-22(25)17-26-21-13-12-18-8-5-6-9-19(18)16-21/h2-6,8-13,16H,7,14-15,17H2,1H3,(H,23,25). The zero-order chi connectivity index (χ0) is 18.2. The van der Waals surface area contributed by atoms with Crippen LogP contribution in [0.3, 0.4) is 0 Å². The Morgan fingerprint density at radius 1 is 0.962 bits per heavy atom. The molecule has 4 heteroatoms. The molecule has 4 nitrogen and oxygen atoms in total. The Morgan fingerprint density at radius 2 is 1.69 bits per heavy atom. The molecule has 0 spiro atoms. The van der Waals surface area contributed by atoms with E-state index in [1.807, 2.05) is 54.6 Å². The molecule has 3 aromatic rings. The maximum absolute atomic E-state index is 11.9. The van der Waals surface area contributed by atoms with Crippen LogP contribution in [0.25, 0.3) is 10.8 Å². The molecule has 1 amide bonds. The molecule has 3 aromatic carbocycles. The fourth-order valence-corrected chi connectivity index (χ4v) is 2.81. The van der Waals surface area contributed by atoms with E-state index in [1.54, 1.807) is 0 Å². The topological polar surface area (TPSA) is 41.6 Å². The van der Waals surface area contributed by atoms with E-state index < -0.39 is 0 Å². The van der Waals surface area contributed by atoms with Gasteiger partial charge in [-0.25, -0.2) is 0 Å². The molecule has 0 bridgehead atoms. The van der Waals surface area contributed by atoms with Crippen LogP contribution in [0.15, 0.2) is 72.8 Å². The predicted octanol–water partition coefficient (Wildman–Crippen LogP) is 3.86. The molecule has 0 saturated carbocycles. The Morgan fingerprint density at radius 3 is 2.50 bits per heavy atom. The minimum atomic E-state index is -0.0967. The Kier molecular flexibility index (Phi) is 6.09. The number of carbonyl (C=O) groups excluding carboxylic acids is 1. The van der Waals surface area contributed by atoms with E-state index in [0.29, 0.717) is 12.3 Å². The Hall–Kier alpha value is -3.01. The lowest BCUT2D eigenvalue weighted by atomic mass is 10.1. The third-order valence-corrected chi connectivity index (χ3v) is 4.28. The normalized spacial score (nSPS) is 10.5. The molecule has 0 heterocycles. The van der Waals surface area contributed by atoms with Crippen molar-refractivity contribution in [1.29, 1.82) is 0 Å². The van der Waals surface area contributed by atoms with Crippen LogP contribution in [0.2, 0.25) is 0 Å². The molecule has 0 aliphatic carbocycles. The number of ether oxygens (including phenoxy) is 1. The number of hydrogen-bond acceptors (Lipinski definition) is 3. The number of nitrogens with one attached hydrogen (secondary N) is 1. The number of carbonyl (C=O) groups is 1. The van der Waals surface area contributed by atoms with Gasteiger partial charge in [-0.2, -0.15) is 0 Å². The van der Waals surface area contributed by atoms with Crippen LogP contribution >= 0.6 is 0 Å². The molecular weight excluding hydrogens is 324 g/mol. The smallest absolute Gasteiger partial charge is 0.257 e. The predicted molar refractivity (Wildman–Crippen MR) is 107 cm³/mol. The number of fused-ring (bicyclic) bond motifs is 1. The average molecular weight is 348 g/mol. The number of nitrogens with zero attached hydrogens (tertiary/aromatic N) is 1. The van der Waals surface area contributed by atoms with Gasteiger partial charge >= 0.3 is 0 Å². The first-order chi connectivity index (χ1) is 12.7. The largest absolute Gasteiger partial charge is 0.484 e. The van der Waals surface area contributed by atoms with E-state index in [9.17, 15) is 4.79 Å². The molecule has 0 aliphatic heterocycles. The molecule has 0 saturated heterocycles. The molecule has 0 fully saturated rings. The highest BCUT2D eigenvalue weighted by Gasteiger charge is 2.04. The molecular formula is C22H24N2O2. The zero-order valence-electron chi connectivity index (χ0n) is 15.0. The third kappa shape index (κ3) is 4.99. The van der Waals surface area contributed by atoms with Gasteiger partial charge in [0.15, 0.2) is 6.61 Å². The van der Waals surface area contributed by atoms with Gasteiger partial charge < -0.3 is 15.0 Å². The van der Waals surface area contributed by atoms with Crippen LogP contribution in [-0.2, 0) is 4.79 Å². The summed E-state index contributed by atoms with van der Waals surface area (Å²) < 4.78 is 5.60. The Labute approximate surface area is 154 Å². The quantitative estimate of drug-likeness (QED) is 0.629. The number of rotatable bonds is 8. The highest BCUT2D eigenvalue weighted by Crippen LogP contribution is 2.20. The molecule has 0 radical (unpaired) electrons. The fourth-order valence-electron chi connectivity index (χ4n) is 2.81. The second-order valence-corrected chi connectivity index (χ2v) is 6.26. The van der Waals surface area contributed by atoms with Crippen molar-refractivity contribution in [2.24, 2.45) is 0 Å². The van der Waals surface area contributed by atoms with E-state index in [0.717, 1.165) is 23.7 Å². The van der Waals surface area contributed by atoms with Gasteiger partial charge in [0.25, 0.3) is 5.91 Å². The molecule has 3 rings (SSSR count). The summed E-state index contributed by atoms with van der Waals surface area (Å²) in [5.41, 5.74) is 1.18. The summed E-state index contributed by atoms with van der Waals surface area (Å²) in [4.78, 5) is 14.1. The zero-order valence-corrected chi connectivity index (χ0v) is 15.0. The van der Waals surface area contributed by atoms with Gasteiger partial charge in [0.05, 0.1) is 0 Å². The van der Waals surface area contributed by atoms with Crippen molar-refractivity contribution in [2.45, 2.75) is 6.42 Å². The lowest BCUT2D eigenvalue weighted by molar-refractivity contribution is -0.123. The second-order valence-electron chi connectivity index (χ2n) is 6.26. The average Bonchev–Trinajstić information content (AvgIpc) is 2.70. The van der Waals surface area contributed by atoms with Crippen molar-refractivity contribution in [2.75, 3.05) is 31.6 Å². The first kappa shape index (κ1) is 17.8. The van der Waals surface area contributed by atoms with Crippen LogP contribution in [0.5, 0.6) is 5.75 Å². The summed E-state index contributed by atoms with van der Waals surface area (Å²) in [6, 6.07) is 24.2. The lowest BCUT2D eigenvalue weighted by Crippen LogP contribution is -2.31. The molecule has 0 aliphatic rings. The van der Waals surface area contributed by atoms with Gasteiger partial charge in [0, 0.05) is 25.8 Å². The van der Waals surface area contributed by atoms with E-state index in [4.69, 9.17) is 4.74 Å². The first-order valence-corrected chi connectivity index (χ1v) is 8.87. The van der Waals surface area contributed by atoms with Crippen LogP contribution in [0.1, 0.15) is 6.42 Å². The van der Waals surface area contributed by atoms with Crippen LogP contribution in [-0.4, -0.2) is 32.7 Å². The number of hydrogen-bond donors (Lipinski definition) is 1. The highest BCUT2D eigenvalue weighted by molar-refractivity contribution is 5.84. The van der Waals surface area contributed by atoms with Crippen LogP contribution < -0.4 is 15.0 Å². The van der Waals surface area contributed by atoms with E-state index in [2.05, 4.69) is 35.5 Å². The van der Waals surface area contributed by atoms with Gasteiger partial charge in [-0.05, 0) is 41.5 Å². The molecule has 0 atom stereocenters. The molecule has 0 aromatic heterocycles. The van der Waals surface area contributed by atoms with Crippen molar-refractivity contribution in [1.82, 2.24) is 5.32 Å². The van der Waals surface area contributed by atoms with Gasteiger partial charge in [0.1, 0.15) is 5.75 Å². The Balaban J connectivity index is 1.37. The van der Waals surface area contributed by atoms with Gasteiger partial charge in [-0.3, -0.25) is 4.79 Å². The monoisotopic (exact) mass is 348 g/mol. The number of para-hydroxylation sites is 1. The minimum absolute atomic E-state index is 0.0346. The van der Waals surface area contributed by atoms with Crippen molar-refractivity contribution in [3.8, 4) is 5.75 Å². The summed E-state index contributed by atoms with van der Waals surface area (Å²) in [5.74, 6) is 0.614. The van der Waals surface area contributed by atoms with Gasteiger partial charge in [0.2, 0.25) is 0 Å². The van der Waals surface area contributed by atoms with Crippen LogP contribution in [0.4, 0.5) is 5.69 Å². The second kappa shape index (κ2) is 8.90. The number of amides is 1. The summed E-state index contributed by atoms with van der Waals surface area (Å²) in [7, 11) is 2.06. The van der Waals surface area contributed by atoms with Crippen LogP contribution in [0, 0.1) is 0 Å². The maximum atomic E-state index is 11.9. The van der Waals surface area contributed by atoms with E-state index in [-0.39, 0.29) is 12.5 Å². The highest BCUT2D eigenvalue weighted by atomic mass is 16.5. The molecule has 134 valence electrons. The van der Waals surface area contributed by atoms with Gasteiger partial charge in [-0.15, -0.1) is 0 Å². The molecule has 1 N–H and O–H groups in total. The van der Waals surface area contributed by atoms with Crippen molar-refractivity contribution in [3.63, 3.8) is 0 Å². The Bertz CT molecular complexity index is 849. The lowest BCUT2D eigenvalue weighted by Gasteiger charge is -2.19. The minimum Gasteiger partial charge on any atom is -0.484 e. The maximum Gasteiger partial charge on any atom is 0.257 e. The van der Waals surface area contributed by atoms with Gasteiger partial charge in [-0.1, -0.05) is 48.5 Å². The molecule has 26 heavy (non-hydrogen) atoms. The summed E-state index contributed by atoms with van der Waals surface area (Å²) >= 11 is 0. The summed E-state index contributed by atoms with van der Waals surface area (Å²) in [5, 5.41) is 5.17. The SMILES string of the molecule is CN(CCCNC(=O)COc1ccc2ccccc2c1)c1ccccc1. The summed E-state index contributed by atoms with van der Waals surface area (Å²) in [6.45, 7) is 1.56. The van der Waals surface area contributed by atoms with E-state index >= 15 is 0 Å². The van der Waals surface area contributed by atoms with Crippen molar-refractivity contribution >= 4 is 22.4 Å². The van der Waals surface area contributed by atoms with Crippen molar-refractivity contribution in [3.05, 3.63) is 72.8 Å². The van der Waals surface area contributed by atoms with Crippen molar-refractivity contribution < 1.29 is 9.53 Å². The summed E-state index contributed by atoms with van der Waals surface area (Å²) in [6.07, 6.45) is 0.882. The number of benzene rings is 3. The third-order valence-electron chi connectivity index (χ3n) is 4.28. The first-order valence-electron chi connectivity index (χ1n) is 8.87. The molecule has 0 unspecified atom stereocenters. The van der Waals surface area contributed by atoms with E-state index in [1.165, 1.54) is 5.69 Å². The fraction of sp³-hybridized carbons (Fsp3) is 0.227.